The van der Waals surface area contributed by atoms with Gasteiger partial charge in [-0.3, -0.25) is 4.79 Å². The third-order valence-corrected chi connectivity index (χ3v) is 3.73. The average molecular weight is 347 g/mol. The van der Waals surface area contributed by atoms with E-state index in [1.54, 1.807) is 37.3 Å². The van der Waals surface area contributed by atoms with Crippen molar-refractivity contribution in [2.45, 2.75) is 12.5 Å². The Morgan fingerprint density at radius 3 is 2.88 bits per heavy atom. The van der Waals surface area contributed by atoms with E-state index in [0.29, 0.717) is 16.5 Å². The van der Waals surface area contributed by atoms with Gasteiger partial charge in [-0.15, -0.1) is 0 Å². The second kappa shape index (κ2) is 6.51. The first-order chi connectivity index (χ1) is 11.5. The number of nitrogens with zero attached hydrogens (tertiary/aromatic N) is 1. The van der Waals surface area contributed by atoms with Crippen molar-refractivity contribution in [3.8, 4) is 11.3 Å². The van der Waals surface area contributed by atoms with Gasteiger partial charge in [-0.25, -0.2) is 0 Å². The molecular weight excluding hydrogens is 332 g/mol. The van der Waals surface area contributed by atoms with E-state index < -0.39 is 11.5 Å². The number of rotatable bonds is 5. The van der Waals surface area contributed by atoms with Gasteiger partial charge < -0.3 is 19.4 Å². The number of amides is 1. The van der Waals surface area contributed by atoms with Gasteiger partial charge in [0.25, 0.3) is 5.91 Å². The molecule has 0 spiro atoms. The van der Waals surface area contributed by atoms with E-state index in [2.05, 4.69) is 10.5 Å². The summed E-state index contributed by atoms with van der Waals surface area (Å²) in [5, 5.41) is 17.3. The molecule has 3 rings (SSSR count). The molecule has 1 aromatic carbocycles. The van der Waals surface area contributed by atoms with Crippen LogP contribution in [0.2, 0.25) is 5.02 Å². The first-order valence-electron chi connectivity index (χ1n) is 7.23. The number of aromatic nitrogens is 1. The summed E-state index contributed by atoms with van der Waals surface area (Å²) in [6, 6.07) is 11.9. The van der Waals surface area contributed by atoms with Gasteiger partial charge in [0.05, 0.1) is 12.8 Å². The largest absolute Gasteiger partial charge is 0.466 e. The Kier molecular flexibility index (Phi) is 4.42. The lowest BCUT2D eigenvalue weighted by Crippen LogP contribution is -2.38. The predicted molar refractivity (Wildman–Crippen MR) is 87.6 cm³/mol. The van der Waals surface area contributed by atoms with Gasteiger partial charge >= 0.3 is 0 Å². The highest BCUT2D eigenvalue weighted by Gasteiger charge is 2.27. The normalized spacial score (nSPS) is 13.5. The lowest BCUT2D eigenvalue weighted by atomic mass is 10.0. The molecule has 1 unspecified atom stereocenters. The van der Waals surface area contributed by atoms with Crippen LogP contribution in [0.15, 0.2) is 57.7 Å². The molecule has 0 radical (unpaired) electrons. The number of halogens is 1. The molecule has 2 N–H and O–H groups in total. The van der Waals surface area contributed by atoms with Crippen LogP contribution in [0, 0.1) is 0 Å². The number of hydrogen-bond donors (Lipinski definition) is 2. The van der Waals surface area contributed by atoms with Crippen LogP contribution in [0.4, 0.5) is 0 Å². The second-order valence-corrected chi connectivity index (χ2v) is 5.96. The molecule has 7 heteroatoms. The summed E-state index contributed by atoms with van der Waals surface area (Å²) in [6.07, 6.45) is 1.46. The zero-order valence-corrected chi connectivity index (χ0v) is 13.6. The Bertz CT molecular complexity index is 840. The highest BCUT2D eigenvalue weighted by Crippen LogP contribution is 2.23. The monoisotopic (exact) mass is 346 g/mol. The molecule has 24 heavy (non-hydrogen) atoms. The van der Waals surface area contributed by atoms with E-state index in [0.717, 1.165) is 5.56 Å². The van der Waals surface area contributed by atoms with Crippen molar-refractivity contribution in [1.82, 2.24) is 10.5 Å². The molecule has 1 amide bonds. The SMILES string of the molecule is CC(O)(CNC(=O)c1cc(-c2cccc(Cl)c2)no1)c1ccco1. The van der Waals surface area contributed by atoms with E-state index in [9.17, 15) is 9.90 Å². The maximum absolute atomic E-state index is 12.2. The number of aliphatic hydroxyl groups is 1. The van der Waals surface area contributed by atoms with Crippen LogP contribution in [0.5, 0.6) is 0 Å². The minimum absolute atomic E-state index is 0.0352. The fraction of sp³-hybridized carbons (Fsp3) is 0.176. The zero-order chi connectivity index (χ0) is 17.2. The Balaban J connectivity index is 1.68. The standard InChI is InChI=1S/C17H15ClN2O4/c1-17(22,15-6-3-7-23-15)10-19-16(21)14-9-13(20-24-14)11-4-2-5-12(18)8-11/h2-9,22H,10H2,1H3,(H,19,21). The van der Waals surface area contributed by atoms with Gasteiger partial charge in [0, 0.05) is 16.7 Å². The van der Waals surface area contributed by atoms with Crippen LogP contribution < -0.4 is 5.32 Å². The lowest BCUT2D eigenvalue weighted by Gasteiger charge is -2.20. The molecular formula is C17H15ClN2O4. The maximum atomic E-state index is 12.2. The molecule has 0 saturated carbocycles. The van der Waals surface area contributed by atoms with Crippen molar-refractivity contribution < 1.29 is 18.8 Å². The van der Waals surface area contributed by atoms with Crippen LogP contribution in [0.25, 0.3) is 11.3 Å². The maximum Gasteiger partial charge on any atom is 0.290 e. The summed E-state index contributed by atoms with van der Waals surface area (Å²) in [5.74, 6) is -0.0807. The van der Waals surface area contributed by atoms with E-state index in [1.807, 2.05) is 6.07 Å². The number of furan rings is 1. The van der Waals surface area contributed by atoms with Crippen LogP contribution in [-0.2, 0) is 5.60 Å². The number of nitrogens with one attached hydrogen (secondary N) is 1. The molecule has 0 saturated heterocycles. The number of benzene rings is 1. The van der Waals surface area contributed by atoms with Gasteiger partial charge in [0.1, 0.15) is 17.1 Å². The summed E-state index contributed by atoms with van der Waals surface area (Å²) >= 11 is 5.94. The molecule has 0 aliphatic heterocycles. The zero-order valence-electron chi connectivity index (χ0n) is 12.8. The van der Waals surface area contributed by atoms with E-state index >= 15 is 0 Å². The summed E-state index contributed by atoms with van der Waals surface area (Å²) in [7, 11) is 0. The molecule has 0 aliphatic carbocycles. The molecule has 3 aromatic rings. The van der Waals surface area contributed by atoms with Crippen LogP contribution in [0.3, 0.4) is 0 Å². The Labute approximate surface area is 143 Å². The molecule has 1 atom stereocenters. The Morgan fingerprint density at radius 1 is 1.33 bits per heavy atom. The van der Waals surface area contributed by atoms with Crippen molar-refractivity contribution >= 4 is 17.5 Å². The smallest absolute Gasteiger partial charge is 0.290 e. The highest BCUT2D eigenvalue weighted by molar-refractivity contribution is 6.30. The number of carbonyl (C=O) groups excluding carboxylic acids is 1. The van der Waals surface area contributed by atoms with Crippen LogP contribution in [-0.4, -0.2) is 22.7 Å². The molecule has 0 fully saturated rings. The first kappa shape index (κ1) is 16.3. The van der Waals surface area contributed by atoms with Crippen LogP contribution >= 0.6 is 11.6 Å². The fourth-order valence-corrected chi connectivity index (χ4v) is 2.37. The summed E-state index contributed by atoms with van der Waals surface area (Å²) in [5.41, 5.74) is -0.0806. The van der Waals surface area contributed by atoms with Gasteiger partial charge in [-0.2, -0.15) is 0 Å². The summed E-state index contributed by atoms with van der Waals surface area (Å²) in [6.45, 7) is 1.51. The molecule has 124 valence electrons. The number of hydrogen-bond acceptors (Lipinski definition) is 5. The van der Waals surface area contributed by atoms with Gasteiger partial charge in [0.15, 0.2) is 0 Å². The number of carbonyl (C=O) groups is 1. The van der Waals surface area contributed by atoms with Crippen LogP contribution in [0.1, 0.15) is 23.2 Å². The predicted octanol–water partition coefficient (Wildman–Crippen LogP) is 3.23. The lowest BCUT2D eigenvalue weighted by molar-refractivity contribution is 0.0324. The summed E-state index contributed by atoms with van der Waals surface area (Å²) in [4.78, 5) is 12.2. The highest BCUT2D eigenvalue weighted by atomic mass is 35.5. The quantitative estimate of drug-likeness (QED) is 0.740. The van der Waals surface area contributed by atoms with Crippen molar-refractivity contribution in [2.75, 3.05) is 6.54 Å². The summed E-state index contributed by atoms with van der Waals surface area (Å²) < 4.78 is 10.2. The molecule has 2 heterocycles. The van der Waals surface area contributed by atoms with Crippen molar-refractivity contribution in [2.24, 2.45) is 0 Å². The van der Waals surface area contributed by atoms with Crippen molar-refractivity contribution in [1.29, 1.82) is 0 Å². The minimum Gasteiger partial charge on any atom is -0.466 e. The second-order valence-electron chi connectivity index (χ2n) is 5.52. The molecule has 2 aromatic heterocycles. The van der Waals surface area contributed by atoms with E-state index in [4.69, 9.17) is 20.5 Å². The molecule has 0 bridgehead atoms. The van der Waals surface area contributed by atoms with E-state index in [1.165, 1.54) is 12.3 Å². The van der Waals surface area contributed by atoms with Crippen molar-refractivity contribution in [3.05, 3.63) is 65.3 Å². The van der Waals surface area contributed by atoms with Crippen molar-refractivity contribution in [3.63, 3.8) is 0 Å². The Hall–Kier alpha value is -2.57. The van der Waals surface area contributed by atoms with Gasteiger partial charge in [-0.05, 0) is 31.2 Å². The first-order valence-corrected chi connectivity index (χ1v) is 7.61. The van der Waals surface area contributed by atoms with E-state index in [-0.39, 0.29) is 12.3 Å². The molecule has 0 aliphatic rings. The third kappa shape index (κ3) is 3.50. The molecule has 6 nitrogen and oxygen atoms in total. The van der Waals surface area contributed by atoms with Gasteiger partial charge in [0.2, 0.25) is 5.76 Å². The third-order valence-electron chi connectivity index (χ3n) is 3.50. The fourth-order valence-electron chi connectivity index (χ4n) is 2.18. The minimum atomic E-state index is -1.32. The topological polar surface area (TPSA) is 88.5 Å². The Morgan fingerprint density at radius 2 is 2.17 bits per heavy atom. The van der Waals surface area contributed by atoms with Gasteiger partial charge in [-0.1, -0.05) is 28.9 Å². The average Bonchev–Trinajstić information content (AvgIpc) is 3.24.